The van der Waals surface area contributed by atoms with Crippen molar-refractivity contribution in [2.24, 2.45) is 0 Å². The number of alkyl halides is 3. The van der Waals surface area contributed by atoms with E-state index < -0.39 is 17.9 Å². The molecule has 110 valence electrons. The van der Waals surface area contributed by atoms with E-state index in [0.717, 1.165) is 18.2 Å². The molecular formula is C14H7ClF4O2. The van der Waals surface area contributed by atoms with Crippen molar-refractivity contribution in [3.8, 4) is 16.9 Å². The Kier molecular flexibility index (Phi) is 4.18. The maximum absolute atomic E-state index is 13.9. The molecule has 0 atom stereocenters. The van der Waals surface area contributed by atoms with Crippen LogP contribution in [0.15, 0.2) is 36.4 Å². The van der Waals surface area contributed by atoms with Crippen molar-refractivity contribution in [2.45, 2.75) is 6.36 Å². The van der Waals surface area contributed by atoms with Gasteiger partial charge < -0.3 is 4.74 Å². The fourth-order valence-electron chi connectivity index (χ4n) is 1.73. The summed E-state index contributed by atoms with van der Waals surface area (Å²) in [5.74, 6) is -1.25. The molecule has 0 fully saturated rings. The summed E-state index contributed by atoms with van der Waals surface area (Å²) < 4.78 is 54.1. The van der Waals surface area contributed by atoms with E-state index in [-0.39, 0.29) is 21.7 Å². The van der Waals surface area contributed by atoms with E-state index in [1.165, 1.54) is 18.2 Å². The second-order valence-electron chi connectivity index (χ2n) is 4.05. The minimum atomic E-state index is -4.84. The Balaban J connectivity index is 2.45. The SMILES string of the molecule is O=Cc1cc(F)c(-c2cccc(OC(F)(F)F)c2)cc1Cl. The number of aldehydes is 1. The Labute approximate surface area is 121 Å². The van der Waals surface area contributed by atoms with Crippen LogP contribution in [0.1, 0.15) is 10.4 Å². The Morgan fingerprint density at radius 1 is 1.14 bits per heavy atom. The van der Waals surface area contributed by atoms with Crippen molar-refractivity contribution in [1.82, 2.24) is 0 Å². The van der Waals surface area contributed by atoms with Crippen LogP contribution in [-0.4, -0.2) is 12.6 Å². The molecule has 7 heteroatoms. The highest BCUT2D eigenvalue weighted by Crippen LogP contribution is 2.31. The first-order chi connectivity index (χ1) is 9.80. The van der Waals surface area contributed by atoms with Gasteiger partial charge in [0.2, 0.25) is 0 Å². The Morgan fingerprint density at radius 3 is 2.48 bits per heavy atom. The molecule has 0 bridgehead atoms. The second-order valence-corrected chi connectivity index (χ2v) is 4.45. The van der Waals surface area contributed by atoms with Crippen molar-refractivity contribution < 1.29 is 27.1 Å². The average Bonchev–Trinajstić information content (AvgIpc) is 2.39. The lowest BCUT2D eigenvalue weighted by molar-refractivity contribution is -0.274. The van der Waals surface area contributed by atoms with E-state index >= 15 is 0 Å². The van der Waals surface area contributed by atoms with Crippen LogP contribution in [-0.2, 0) is 0 Å². The third-order valence-corrected chi connectivity index (χ3v) is 2.92. The predicted molar refractivity (Wildman–Crippen MR) is 68.9 cm³/mol. The van der Waals surface area contributed by atoms with E-state index in [1.807, 2.05) is 0 Å². The smallest absolute Gasteiger partial charge is 0.406 e. The monoisotopic (exact) mass is 318 g/mol. The zero-order valence-electron chi connectivity index (χ0n) is 10.2. The molecule has 0 unspecified atom stereocenters. The summed E-state index contributed by atoms with van der Waals surface area (Å²) in [4.78, 5) is 10.6. The topological polar surface area (TPSA) is 26.3 Å². The number of hydrogen-bond donors (Lipinski definition) is 0. The maximum Gasteiger partial charge on any atom is 0.573 e. The predicted octanol–water partition coefficient (Wildman–Crippen LogP) is 4.86. The van der Waals surface area contributed by atoms with E-state index in [4.69, 9.17) is 11.6 Å². The lowest BCUT2D eigenvalue weighted by Gasteiger charge is -2.11. The van der Waals surface area contributed by atoms with Crippen molar-refractivity contribution in [3.63, 3.8) is 0 Å². The first-order valence-electron chi connectivity index (χ1n) is 5.60. The minimum absolute atomic E-state index is 0.00328. The van der Waals surface area contributed by atoms with Gasteiger partial charge in [-0.3, -0.25) is 4.79 Å². The van der Waals surface area contributed by atoms with Gasteiger partial charge >= 0.3 is 6.36 Å². The number of halogens is 5. The number of carbonyl (C=O) groups is 1. The second kappa shape index (κ2) is 5.73. The van der Waals surface area contributed by atoms with Crippen LogP contribution in [0.4, 0.5) is 17.6 Å². The molecule has 0 N–H and O–H groups in total. The minimum Gasteiger partial charge on any atom is -0.406 e. The molecule has 0 aliphatic heterocycles. The third kappa shape index (κ3) is 3.72. The van der Waals surface area contributed by atoms with Crippen LogP contribution >= 0.6 is 11.6 Å². The molecule has 0 aliphatic rings. The lowest BCUT2D eigenvalue weighted by atomic mass is 10.0. The van der Waals surface area contributed by atoms with Gasteiger partial charge in [0.05, 0.1) is 5.02 Å². The normalized spacial score (nSPS) is 11.3. The Morgan fingerprint density at radius 2 is 1.86 bits per heavy atom. The molecule has 0 spiro atoms. The molecule has 0 heterocycles. The van der Waals surface area contributed by atoms with E-state index in [1.54, 1.807) is 0 Å². The number of ether oxygens (including phenoxy) is 1. The van der Waals surface area contributed by atoms with E-state index in [2.05, 4.69) is 4.74 Å². The summed E-state index contributed by atoms with van der Waals surface area (Å²) in [6.07, 6.45) is -4.45. The molecule has 0 aliphatic carbocycles. The molecule has 0 saturated carbocycles. The summed E-state index contributed by atoms with van der Waals surface area (Å²) in [5.41, 5.74) is 0.0763. The number of rotatable bonds is 3. The molecule has 0 aromatic heterocycles. The summed E-state index contributed by atoms with van der Waals surface area (Å²) in [6, 6.07) is 6.91. The highest BCUT2D eigenvalue weighted by molar-refractivity contribution is 6.33. The fraction of sp³-hybridized carbons (Fsp3) is 0.0714. The van der Waals surface area contributed by atoms with Gasteiger partial charge in [0, 0.05) is 11.1 Å². The number of benzene rings is 2. The highest BCUT2D eigenvalue weighted by Gasteiger charge is 2.31. The van der Waals surface area contributed by atoms with Crippen molar-refractivity contribution in [1.29, 1.82) is 0 Å². The summed E-state index contributed by atoms with van der Waals surface area (Å²) in [5, 5.41) is 0.00328. The van der Waals surface area contributed by atoms with Crippen LogP contribution in [0.3, 0.4) is 0 Å². The first-order valence-corrected chi connectivity index (χ1v) is 5.98. The molecule has 2 nitrogen and oxygen atoms in total. The van der Waals surface area contributed by atoms with E-state index in [9.17, 15) is 22.4 Å². The van der Waals surface area contributed by atoms with Gasteiger partial charge in [0.1, 0.15) is 11.6 Å². The Bertz CT molecular complexity index is 683. The summed E-state index contributed by atoms with van der Waals surface area (Å²) >= 11 is 5.79. The number of carbonyl (C=O) groups excluding carboxylic acids is 1. The molecule has 0 radical (unpaired) electrons. The van der Waals surface area contributed by atoms with Gasteiger partial charge in [0.15, 0.2) is 6.29 Å². The molecule has 0 saturated heterocycles. The largest absolute Gasteiger partial charge is 0.573 e. The zero-order valence-corrected chi connectivity index (χ0v) is 11.0. The number of hydrogen-bond acceptors (Lipinski definition) is 2. The average molecular weight is 319 g/mol. The van der Waals surface area contributed by atoms with E-state index in [0.29, 0.717) is 6.29 Å². The Hall–Kier alpha value is -2.08. The van der Waals surface area contributed by atoms with Crippen molar-refractivity contribution >= 4 is 17.9 Å². The standard InChI is InChI=1S/C14H7ClF4O2/c15-12-6-11(13(16)5-9(12)7-20)8-2-1-3-10(4-8)21-14(17,18)19/h1-7H. The van der Waals surface area contributed by atoms with Crippen LogP contribution in [0.25, 0.3) is 11.1 Å². The van der Waals surface area contributed by atoms with Gasteiger partial charge in [-0.05, 0) is 29.8 Å². The molecule has 21 heavy (non-hydrogen) atoms. The molecule has 2 aromatic carbocycles. The van der Waals surface area contributed by atoms with Gasteiger partial charge in [-0.15, -0.1) is 13.2 Å². The zero-order chi connectivity index (χ0) is 15.6. The lowest BCUT2D eigenvalue weighted by Crippen LogP contribution is -2.17. The molecule has 0 amide bonds. The van der Waals surface area contributed by atoms with Crippen LogP contribution in [0.2, 0.25) is 5.02 Å². The van der Waals surface area contributed by atoms with Gasteiger partial charge in [-0.25, -0.2) is 4.39 Å². The highest BCUT2D eigenvalue weighted by atomic mass is 35.5. The van der Waals surface area contributed by atoms with Crippen LogP contribution < -0.4 is 4.74 Å². The molecule has 2 aromatic rings. The third-order valence-electron chi connectivity index (χ3n) is 2.59. The molecule has 2 rings (SSSR count). The maximum atomic E-state index is 13.9. The fourth-order valence-corrected chi connectivity index (χ4v) is 1.94. The van der Waals surface area contributed by atoms with Crippen LogP contribution in [0.5, 0.6) is 5.75 Å². The van der Waals surface area contributed by atoms with Gasteiger partial charge in [-0.2, -0.15) is 0 Å². The first kappa shape index (κ1) is 15.3. The van der Waals surface area contributed by atoms with Crippen molar-refractivity contribution in [3.05, 3.63) is 52.8 Å². The van der Waals surface area contributed by atoms with Gasteiger partial charge in [-0.1, -0.05) is 23.7 Å². The van der Waals surface area contributed by atoms with Crippen molar-refractivity contribution in [2.75, 3.05) is 0 Å². The quantitative estimate of drug-likeness (QED) is 0.597. The van der Waals surface area contributed by atoms with Crippen LogP contribution in [0, 0.1) is 5.82 Å². The summed E-state index contributed by atoms with van der Waals surface area (Å²) in [6.45, 7) is 0. The molecular weight excluding hydrogens is 312 g/mol. The van der Waals surface area contributed by atoms with Gasteiger partial charge in [0.25, 0.3) is 0 Å². The summed E-state index contributed by atoms with van der Waals surface area (Å²) in [7, 11) is 0.